The third kappa shape index (κ3) is 6.92. The fourth-order valence-electron chi connectivity index (χ4n) is 3.48. The van der Waals surface area contributed by atoms with Crippen molar-refractivity contribution in [2.24, 2.45) is 11.3 Å². The Kier molecular flexibility index (Phi) is 11.8. The molecule has 0 aromatic heterocycles. The van der Waals surface area contributed by atoms with Crippen molar-refractivity contribution in [2.75, 3.05) is 0 Å². The molecule has 23 heavy (non-hydrogen) atoms. The molecule has 0 aromatic carbocycles. The van der Waals surface area contributed by atoms with E-state index < -0.39 is 17.4 Å². The van der Waals surface area contributed by atoms with Gasteiger partial charge in [-0.05, 0) is 18.8 Å². The summed E-state index contributed by atoms with van der Waals surface area (Å²) in [6, 6.07) is 0. The van der Waals surface area contributed by atoms with E-state index in [-0.39, 0.29) is 12.3 Å². The number of hydrogen-bond acceptors (Lipinski definition) is 2. The molecule has 0 saturated carbocycles. The van der Waals surface area contributed by atoms with E-state index in [1.807, 2.05) is 6.92 Å². The first-order valence-electron chi connectivity index (χ1n) is 9.44. The molecule has 4 heteroatoms. The molecule has 0 aliphatic carbocycles. The van der Waals surface area contributed by atoms with Crippen LogP contribution in [0.3, 0.4) is 0 Å². The van der Waals surface area contributed by atoms with E-state index in [4.69, 9.17) is 0 Å². The zero-order chi connectivity index (χ0) is 17.7. The Bertz CT molecular complexity index is 324. The molecule has 4 nitrogen and oxygen atoms in total. The summed E-state index contributed by atoms with van der Waals surface area (Å²) in [6.45, 7) is 6.17. The van der Waals surface area contributed by atoms with Gasteiger partial charge in [0.1, 0.15) is 0 Å². The maximum absolute atomic E-state index is 11.9. The molecule has 0 amide bonds. The van der Waals surface area contributed by atoms with Crippen LogP contribution in [-0.4, -0.2) is 22.2 Å². The summed E-state index contributed by atoms with van der Waals surface area (Å²) in [5.41, 5.74) is -1.60. The summed E-state index contributed by atoms with van der Waals surface area (Å²) in [7, 11) is 0. The van der Waals surface area contributed by atoms with E-state index in [0.29, 0.717) is 19.3 Å². The molecule has 0 spiro atoms. The van der Waals surface area contributed by atoms with Gasteiger partial charge in [-0.3, -0.25) is 9.59 Å². The Morgan fingerprint density at radius 2 is 1.26 bits per heavy atom. The summed E-state index contributed by atoms with van der Waals surface area (Å²) < 4.78 is 0. The van der Waals surface area contributed by atoms with Gasteiger partial charge in [0.15, 0.2) is 5.41 Å². The molecule has 0 rings (SSSR count). The quantitative estimate of drug-likeness (QED) is 0.307. The van der Waals surface area contributed by atoms with Gasteiger partial charge in [-0.25, -0.2) is 0 Å². The molecule has 0 aromatic rings. The third-order valence-electron chi connectivity index (χ3n) is 5.03. The second-order valence-corrected chi connectivity index (χ2v) is 6.70. The van der Waals surface area contributed by atoms with Crippen LogP contribution in [0.4, 0.5) is 0 Å². The van der Waals surface area contributed by atoms with Crippen molar-refractivity contribution < 1.29 is 19.8 Å². The summed E-state index contributed by atoms with van der Waals surface area (Å²) in [4.78, 5) is 23.8. The predicted molar refractivity (Wildman–Crippen MR) is 93.6 cm³/mol. The second kappa shape index (κ2) is 12.4. The standard InChI is InChI=1S/C19H36O4/c1-4-7-9-10-11-13-15-19(17(20)21,18(22)23)16(6-3)14-12-8-5-2/h16H,4-15H2,1-3H3,(H,20,21)(H,22,23). The lowest BCUT2D eigenvalue weighted by Gasteiger charge is -2.33. The van der Waals surface area contributed by atoms with Crippen LogP contribution in [-0.2, 0) is 9.59 Å². The average molecular weight is 328 g/mol. The van der Waals surface area contributed by atoms with Gasteiger partial charge in [-0.2, -0.15) is 0 Å². The molecule has 0 aliphatic heterocycles. The van der Waals surface area contributed by atoms with Gasteiger partial charge in [-0.1, -0.05) is 85.0 Å². The molecule has 0 saturated heterocycles. The molecular formula is C19H36O4. The highest BCUT2D eigenvalue weighted by Gasteiger charge is 2.51. The van der Waals surface area contributed by atoms with Crippen LogP contribution in [0.5, 0.6) is 0 Å². The van der Waals surface area contributed by atoms with Crippen molar-refractivity contribution in [1.29, 1.82) is 0 Å². The van der Waals surface area contributed by atoms with Gasteiger partial charge in [0.05, 0.1) is 0 Å². The minimum atomic E-state index is -1.60. The van der Waals surface area contributed by atoms with Gasteiger partial charge < -0.3 is 10.2 Å². The Hall–Kier alpha value is -1.06. The van der Waals surface area contributed by atoms with Gasteiger partial charge in [0.25, 0.3) is 0 Å². The highest BCUT2D eigenvalue weighted by Crippen LogP contribution is 2.40. The fraction of sp³-hybridized carbons (Fsp3) is 0.895. The predicted octanol–water partition coefficient (Wildman–Crippen LogP) is 5.50. The highest BCUT2D eigenvalue weighted by molar-refractivity contribution is 5.98. The first kappa shape index (κ1) is 21.9. The summed E-state index contributed by atoms with van der Waals surface area (Å²) in [5.74, 6) is -2.58. The normalized spacial score (nSPS) is 13.0. The number of unbranched alkanes of at least 4 members (excludes halogenated alkanes) is 7. The maximum atomic E-state index is 11.9. The van der Waals surface area contributed by atoms with Gasteiger partial charge >= 0.3 is 11.9 Å². The summed E-state index contributed by atoms with van der Waals surface area (Å²) >= 11 is 0. The van der Waals surface area contributed by atoms with E-state index in [1.54, 1.807) is 0 Å². The molecule has 0 radical (unpaired) electrons. The van der Waals surface area contributed by atoms with Crippen LogP contribution in [0.15, 0.2) is 0 Å². The molecule has 1 unspecified atom stereocenters. The van der Waals surface area contributed by atoms with E-state index >= 15 is 0 Å². The van der Waals surface area contributed by atoms with Crippen LogP contribution in [0.2, 0.25) is 0 Å². The molecule has 0 heterocycles. The van der Waals surface area contributed by atoms with Gasteiger partial charge in [0.2, 0.25) is 0 Å². The van der Waals surface area contributed by atoms with Crippen molar-refractivity contribution in [1.82, 2.24) is 0 Å². The lowest BCUT2D eigenvalue weighted by atomic mass is 9.68. The minimum absolute atomic E-state index is 0.258. The van der Waals surface area contributed by atoms with Crippen LogP contribution in [0.25, 0.3) is 0 Å². The largest absolute Gasteiger partial charge is 0.480 e. The van der Waals surface area contributed by atoms with Crippen molar-refractivity contribution >= 4 is 11.9 Å². The lowest BCUT2D eigenvalue weighted by Crippen LogP contribution is -2.45. The summed E-state index contributed by atoms with van der Waals surface area (Å²) in [5, 5.41) is 19.4. The lowest BCUT2D eigenvalue weighted by molar-refractivity contribution is -0.170. The SMILES string of the molecule is CCCCCCCCC(C(=O)O)(C(=O)O)C(CC)CCCCC. The smallest absolute Gasteiger partial charge is 0.321 e. The Morgan fingerprint density at radius 1 is 0.783 bits per heavy atom. The monoisotopic (exact) mass is 328 g/mol. The Morgan fingerprint density at radius 3 is 1.74 bits per heavy atom. The maximum Gasteiger partial charge on any atom is 0.321 e. The molecule has 0 bridgehead atoms. The van der Waals surface area contributed by atoms with Crippen molar-refractivity contribution in [3.05, 3.63) is 0 Å². The highest BCUT2D eigenvalue weighted by atomic mass is 16.4. The van der Waals surface area contributed by atoms with Crippen molar-refractivity contribution in [2.45, 2.75) is 97.8 Å². The van der Waals surface area contributed by atoms with E-state index in [2.05, 4.69) is 13.8 Å². The first-order valence-corrected chi connectivity index (χ1v) is 9.44. The van der Waals surface area contributed by atoms with E-state index in [1.165, 1.54) is 12.8 Å². The molecule has 0 fully saturated rings. The topological polar surface area (TPSA) is 74.6 Å². The van der Waals surface area contributed by atoms with Crippen LogP contribution in [0, 0.1) is 11.3 Å². The molecule has 2 N–H and O–H groups in total. The van der Waals surface area contributed by atoms with Crippen LogP contribution in [0.1, 0.15) is 97.8 Å². The van der Waals surface area contributed by atoms with Gasteiger partial charge in [-0.15, -0.1) is 0 Å². The number of carbonyl (C=O) groups is 2. The summed E-state index contributed by atoms with van der Waals surface area (Å²) in [6.07, 6.45) is 10.7. The molecular weight excluding hydrogens is 292 g/mol. The van der Waals surface area contributed by atoms with Gasteiger partial charge in [0, 0.05) is 0 Å². The Balaban J connectivity index is 4.86. The fourth-order valence-corrected chi connectivity index (χ4v) is 3.48. The van der Waals surface area contributed by atoms with Crippen molar-refractivity contribution in [3.8, 4) is 0 Å². The molecule has 136 valence electrons. The number of hydrogen-bond donors (Lipinski definition) is 2. The Labute approximate surface area is 141 Å². The third-order valence-corrected chi connectivity index (χ3v) is 5.03. The zero-order valence-corrected chi connectivity index (χ0v) is 15.3. The number of aliphatic carboxylic acids is 2. The van der Waals surface area contributed by atoms with E-state index in [0.717, 1.165) is 38.5 Å². The second-order valence-electron chi connectivity index (χ2n) is 6.70. The number of carboxylic acids is 2. The van der Waals surface area contributed by atoms with E-state index in [9.17, 15) is 19.8 Å². The first-order chi connectivity index (χ1) is 11.0. The molecule has 1 atom stereocenters. The average Bonchev–Trinajstić information content (AvgIpc) is 2.51. The van der Waals surface area contributed by atoms with Crippen LogP contribution >= 0.6 is 0 Å². The van der Waals surface area contributed by atoms with Crippen LogP contribution < -0.4 is 0 Å². The molecule has 0 aliphatic rings. The minimum Gasteiger partial charge on any atom is -0.480 e. The van der Waals surface area contributed by atoms with Crippen molar-refractivity contribution in [3.63, 3.8) is 0 Å². The zero-order valence-electron chi connectivity index (χ0n) is 15.3. The number of carboxylic acid groups (broad SMARTS) is 2. The number of rotatable bonds is 15.